The molecule has 1 aliphatic heterocycles. The van der Waals surface area contributed by atoms with Gasteiger partial charge in [-0.3, -0.25) is 4.79 Å². The van der Waals surface area contributed by atoms with Crippen molar-refractivity contribution < 1.29 is 17.9 Å². The molecule has 1 atom stereocenters. The van der Waals surface area contributed by atoms with Crippen LogP contribution in [0.1, 0.15) is 17.7 Å². The fourth-order valence-electron chi connectivity index (χ4n) is 3.50. The first kappa shape index (κ1) is 22.2. The van der Waals surface area contributed by atoms with Crippen LogP contribution >= 0.6 is 34.3 Å². The van der Waals surface area contributed by atoms with Crippen LogP contribution in [0.15, 0.2) is 40.6 Å². The Balaban J connectivity index is 1.52. The quantitative estimate of drug-likeness (QED) is 0.536. The van der Waals surface area contributed by atoms with Crippen molar-refractivity contribution in [3.63, 3.8) is 0 Å². The number of aromatic nitrogens is 1. The molecule has 1 saturated heterocycles. The van der Waals surface area contributed by atoms with Crippen LogP contribution in [0.3, 0.4) is 0 Å². The van der Waals surface area contributed by atoms with Crippen LogP contribution in [-0.4, -0.2) is 43.3 Å². The van der Waals surface area contributed by atoms with Crippen molar-refractivity contribution in [3.8, 4) is 17.0 Å². The average molecular weight is 498 g/mol. The second-order valence-corrected chi connectivity index (χ2v) is 12.0. The molecule has 1 amide bonds. The molecule has 3 heterocycles. The van der Waals surface area contributed by atoms with Gasteiger partial charge in [-0.05, 0) is 56.2 Å². The number of benzene rings is 1. The molecule has 0 saturated carbocycles. The third-order valence-electron chi connectivity index (χ3n) is 5.01. The van der Waals surface area contributed by atoms with Gasteiger partial charge in [0.05, 0.1) is 17.1 Å². The Bertz CT molecular complexity index is 1200. The number of carbonyl (C=O) groups excluding carboxylic acids is 1. The van der Waals surface area contributed by atoms with E-state index in [1.165, 1.54) is 21.7 Å². The Morgan fingerprint density at radius 1 is 1.23 bits per heavy atom. The number of amides is 1. The molecule has 164 valence electrons. The van der Waals surface area contributed by atoms with E-state index in [9.17, 15) is 13.2 Å². The van der Waals surface area contributed by atoms with Gasteiger partial charge in [0.2, 0.25) is 5.91 Å². The van der Waals surface area contributed by atoms with Crippen LogP contribution in [0.5, 0.6) is 5.75 Å². The summed E-state index contributed by atoms with van der Waals surface area (Å²) < 4.78 is 32.9. The maximum absolute atomic E-state index is 13.0. The molecule has 1 N–H and O–H groups in total. The van der Waals surface area contributed by atoms with E-state index in [2.05, 4.69) is 10.3 Å². The number of methoxy groups -OCH3 is 1. The second kappa shape index (κ2) is 8.87. The van der Waals surface area contributed by atoms with Gasteiger partial charge in [0.1, 0.15) is 16.0 Å². The highest BCUT2D eigenvalue weighted by Gasteiger charge is 2.40. The molecule has 1 aliphatic rings. The van der Waals surface area contributed by atoms with E-state index in [0.29, 0.717) is 28.9 Å². The summed E-state index contributed by atoms with van der Waals surface area (Å²) in [5.74, 6) is 0.374. The van der Waals surface area contributed by atoms with E-state index in [4.69, 9.17) is 16.3 Å². The van der Waals surface area contributed by atoms with E-state index in [0.717, 1.165) is 33.2 Å². The molecule has 7 nitrogen and oxygen atoms in total. The van der Waals surface area contributed by atoms with Gasteiger partial charge in [0, 0.05) is 17.0 Å². The summed E-state index contributed by atoms with van der Waals surface area (Å²) in [6.07, 6.45) is 1.07. The summed E-state index contributed by atoms with van der Waals surface area (Å²) in [5.41, 5.74) is 1.68. The molecule has 1 aromatic carbocycles. The molecule has 3 aromatic rings. The molecule has 2 aromatic heterocycles. The Kier molecular flexibility index (Phi) is 6.36. The van der Waals surface area contributed by atoms with Crippen LogP contribution in [0.25, 0.3) is 11.3 Å². The normalized spacial score (nSPS) is 17.1. The number of hydrogen-bond acceptors (Lipinski definition) is 7. The molecular weight excluding hydrogens is 478 g/mol. The third kappa shape index (κ3) is 4.49. The largest absolute Gasteiger partial charge is 0.497 e. The fourth-order valence-corrected chi connectivity index (χ4v) is 7.60. The van der Waals surface area contributed by atoms with Gasteiger partial charge in [-0.25, -0.2) is 13.4 Å². The Hall–Kier alpha value is -1.98. The number of rotatable bonds is 6. The van der Waals surface area contributed by atoms with Gasteiger partial charge in [0.25, 0.3) is 10.0 Å². The minimum Gasteiger partial charge on any atom is -0.497 e. The summed E-state index contributed by atoms with van der Waals surface area (Å²) in [5, 5.41) is 3.25. The van der Waals surface area contributed by atoms with Gasteiger partial charge < -0.3 is 10.1 Å². The van der Waals surface area contributed by atoms with E-state index >= 15 is 0 Å². The number of aryl methyl sites for hydroxylation is 1. The monoisotopic (exact) mass is 497 g/mol. The molecule has 11 heteroatoms. The van der Waals surface area contributed by atoms with Crippen molar-refractivity contribution in [3.05, 3.63) is 45.6 Å². The van der Waals surface area contributed by atoms with Crippen molar-refractivity contribution >= 4 is 55.3 Å². The SMILES string of the molecule is COc1ccc(-c2nc(NC(=O)[C@@H]3CCCN3S(=O)(=O)c3ccc(Cl)s3)sc2C)cc1. The lowest BCUT2D eigenvalue weighted by molar-refractivity contribution is -0.119. The minimum absolute atomic E-state index is 0.143. The molecule has 0 radical (unpaired) electrons. The first-order chi connectivity index (χ1) is 14.8. The highest BCUT2D eigenvalue weighted by atomic mass is 35.5. The number of halogens is 1. The Morgan fingerprint density at radius 3 is 2.61 bits per heavy atom. The van der Waals surface area contributed by atoms with E-state index in [1.54, 1.807) is 13.2 Å². The number of thiophene rings is 1. The molecular formula is C20H20ClN3O4S3. The molecule has 0 spiro atoms. The summed E-state index contributed by atoms with van der Waals surface area (Å²) in [4.78, 5) is 18.5. The highest BCUT2D eigenvalue weighted by molar-refractivity contribution is 7.91. The zero-order chi connectivity index (χ0) is 22.2. The molecule has 0 unspecified atom stereocenters. The van der Waals surface area contributed by atoms with Crippen LogP contribution in [0, 0.1) is 6.92 Å². The second-order valence-electron chi connectivity index (χ2n) is 6.97. The van der Waals surface area contributed by atoms with E-state index in [-0.39, 0.29) is 10.1 Å². The molecule has 0 aliphatic carbocycles. The standard InChI is InChI=1S/C20H20ClN3O4S3/c1-12-18(13-5-7-14(28-2)8-6-13)22-20(29-12)23-19(25)15-4-3-11-24(15)31(26,27)17-10-9-16(21)30-17/h5-10,15H,3-4,11H2,1-2H3,(H,22,23,25)/t15-/m0/s1. The van der Waals surface area contributed by atoms with Crippen molar-refractivity contribution in [2.24, 2.45) is 0 Å². The van der Waals surface area contributed by atoms with Crippen LogP contribution in [0.4, 0.5) is 5.13 Å². The van der Waals surface area contributed by atoms with Crippen molar-refractivity contribution in [2.45, 2.75) is 30.0 Å². The first-order valence-electron chi connectivity index (χ1n) is 9.49. The van der Waals surface area contributed by atoms with Gasteiger partial charge >= 0.3 is 0 Å². The predicted octanol–water partition coefficient (Wildman–Crippen LogP) is 4.63. The average Bonchev–Trinajstić information content (AvgIpc) is 3.48. The van der Waals surface area contributed by atoms with Crippen molar-refractivity contribution in [2.75, 3.05) is 19.0 Å². The van der Waals surface area contributed by atoms with Crippen LogP contribution in [0.2, 0.25) is 4.34 Å². The van der Waals surface area contributed by atoms with E-state index < -0.39 is 16.1 Å². The number of hydrogen-bond donors (Lipinski definition) is 1. The zero-order valence-electron chi connectivity index (χ0n) is 16.8. The molecule has 1 fully saturated rings. The lowest BCUT2D eigenvalue weighted by Gasteiger charge is -2.22. The maximum atomic E-state index is 13.0. The number of anilines is 1. The van der Waals surface area contributed by atoms with Crippen LogP contribution < -0.4 is 10.1 Å². The van der Waals surface area contributed by atoms with Gasteiger partial charge in [-0.2, -0.15) is 4.31 Å². The first-order valence-corrected chi connectivity index (χ1v) is 12.9. The number of nitrogens with zero attached hydrogens (tertiary/aromatic N) is 2. The molecule has 0 bridgehead atoms. The zero-order valence-corrected chi connectivity index (χ0v) is 20.0. The predicted molar refractivity (Wildman–Crippen MR) is 124 cm³/mol. The van der Waals surface area contributed by atoms with Crippen molar-refractivity contribution in [1.29, 1.82) is 0 Å². The lowest BCUT2D eigenvalue weighted by atomic mass is 10.1. The number of carbonyl (C=O) groups is 1. The van der Waals surface area contributed by atoms with Gasteiger partial charge in [-0.15, -0.1) is 22.7 Å². The smallest absolute Gasteiger partial charge is 0.253 e. The van der Waals surface area contributed by atoms with Gasteiger partial charge in [0.15, 0.2) is 5.13 Å². The van der Waals surface area contributed by atoms with Crippen molar-refractivity contribution in [1.82, 2.24) is 9.29 Å². The summed E-state index contributed by atoms with van der Waals surface area (Å²) >= 11 is 8.25. The fraction of sp³-hybridized carbons (Fsp3) is 0.300. The summed E-state index contributed by atoms with van der Waals surface area (Å²) in [7, 11) is -2.17. The number of sulfonamides is 1. The topological polar surface area (TPSA) is 88.6 Å². The molecule has 31 heavy (non-hydrogen) atoms. The van der Waals surface area contributed by atoms with E-state index in [1.807, 2.05) is 31.2 Å². The lowest BCUT2D eigenvalue weighted by Crippen LogP contribution is -2.42. The highest BCUT2D eigenvalue weighted by Crippen LogP contribution is 2.34. The number of ether oxygens (including phenoxy) is 1. The van der Waals surface area contributed by atoms with Gasteiger partial charge in [-0.1, -0.05) is 11.6 Å². The van der Waals surface area contributed by atoms with Crippen LogP contribution in [-0.2, 0) is 14.8 Å². The number of thiazole rings is 1. The maximum Gasteiger partial charge on any atom is 0.253 e. The third-order valence-corrected chi connectivity index (χ3v) is 9.50. The summed E-state index contributed by atoms with van der Waals surface area (Å²) in [6, 6.07) is 9.76. The Labute approximate surface area is 193 Å². The minimum atomic E-state index is -3.78. The molecule has 4 rings (SSSR count). The summed E-state index contributed by atoms with van der Waals surface area (Å²) in [6.45, 7) is 2.23. The Morgan fingerprint density at radius 2 is 1.97 bits per heavy atom. The number of nitrogens with one attached hydrogen (secondary N) is 1.